The van der Waals surface area contributed by atoms with Crippen molar-refractivity contribution in [3.63, 3.8) is 0 Å². The van der Waals surface area contributed by atoms with Crippen LogP contribution in [0.25, 0.3) is 0 Å². The lowest BCUT2D eigenvalue weighted by Crippen LogP contribution is -2.47. The highest BCUT2D eigenvalue weighted by Gasteiger charge is 2.43. The Bertz CT molecular complexity index is 339. The summed E-state index contributed by atoms with van der Waals surface area (Å²) >= 11 is 0. The van der Waals surface area contributed by atoms with Gasteiger partial charge in [-0.1, -0.05) is 20.3 Å². The van der Waals surface area contributed by atoms with E-state index in [4.69, 9.17) is 0 Å². The Morgan fingerprint density at radius 2 is 2.11 bits per heavy atom. The largest absolute Gasteiger partial charge is 0.352 e. The Hall–Kier alpha value is -0.570. The molecule has 18 heavy (non-hydrogen) atoms. The summed E-state index contributed by atoms with van der Waals surface area (Å²) in [5, 5.41) is 6.73. The van der Waals surface area contributed by atoms with Crippen LogP contribution in [0.1, 0.15) is 52.4 Å². The summed E-state index contributed by atoms with van der Waals surface area (Å²) in [6, 6.07) is 0.510. The maximum Gasteiger partial charge on any atom is 0.237 e. The van der Waals surface area contributed by atoms with E-state index in [1.165, 1.54) is 25.7 Å². The maximum absolute atomic E-state index is 12.4. The zero-order valence-electron chi connectivity index (χ0n) is 11.7. The fourth-order valence-electron chi connectivity index (χ4n) is 4.32. The SMILES string of the molecule is CC1(C)CCC(NC(=O)C2NCC3CCCC32)C1. The van der Waals surface area contributed by atoms with E-state index < -0.39 is 0 Å². The third-order valence-corrected chi connectivity index (χ3v) is 5.34. The summed E-state index contributed by atoms with van der Waals surface area (Å²) in [7, 11) is 0. The molecule has 0 aromatic rings. The fraction of sp³-hybridized carbons (Fsp3) is 0.933. The van der Waals surface area contributed by atoms with Crippen molar-refractivity contribution in [2.45, 2.75) is 64.5 Å². The van der Waals surface area contributed by atoms with Gasteiger partial charge in [-0.05, 0) is 55.9 Å². The fourth-order valence-corrected chi connectivity index (χ4v) is 4.32. The van der Waals surface area contributed by atoms with Crippen LogP contribution in [0, 0.1) is 17.3 Å². The van der Waals surface area contributed by atoms with Crippen LogP contribution in [0.5, 0.6) is 0 Å². The summed E-state index contributed by atoms with van der Waals surface area (Å²) in [5.41, 5.74) is 0.414. The number of rotatable bonds is 2. The molecule has 102 valence electrons. The van der Waals surface area contributed by atoms with E-state index >= 15 is 0 Å². The van der Waals surface area contributed by atoms with Crippen LogP contribution in [0.4, 0.5) is 0 Å². The Balaban J connectivity index is 1.56. The smallest absolute Gasteiger partial charge is 0.237 e. The first kappa shape index (κ1) is 12.5. The van der Waals surface area contributed by atoms with Gasteiger partial charge >= 0.3 is 0 Å². The number of carbonyl (C=O) groups excluding carboxylic acids is 1. The van der Waals surface area contributed by atoms with E-state index in [1.54, 1.807) is 0 Å². The topological polar surface area (TPSA) is 41.1 Å². The summed E-state index contributed by atoms with van der Waals surface area (Å²) in [5.74, 6) is 1.65. The molecule has 3 rings (SSSR count). The molecule has 1 amide bonds. The van der Waals surface area contributed by atoms with Crippen molar-refractivity contribution < 1.29 is 4.79 Å². The van der Waals surface area contributed by atoms with E-state index in [1.807, 2.05) is 0 Å². The first-order valence-electron chi connectivity index (χ1n) is 7.59. The highest BCUT2D eigenvalue weighted by molar-refractivity contribution is 5.83. The zero-order chi connectivity index (χ0) is 12.8. The molecule has 2 saturated carbocycles. The molecule has 0 aromatic carbocycles. The van der Waals surface area contributed by atoms with Gasteiger partial charge in [0, 0.05) is 6.04 Å². The summed E-state index contributed by atoms with van der Waals surface area (Å²) in [6.07, 6.45) is 7.41. The second-order valence-electron chi connectivity index (χ2n) is 7.35. The molecule has 0 aromatic heterocycles. The molecular weight excluding hydrogens is 224 g/mol. The number of nitrogens with one attached hydrogen (secondary N) is 2. The van der Waals surface area contributed by atoms with Crippen LogP contribution >= 0.6 is 0 Å². The van der Waals surface area contributed by atoms with Crippen molar-refractivity contribution in [3.05, 3.63) is 0 Å². The molecule has 2 N–H and O–H groups in total. The Kier molecular flexibility index (Phi) is 3.13. The molecule has 0 spiro atoms. The van der Waals surface area contributed by atoms with Crippen LogP contribution < -0.4 is 10.6 Å². The first-order valence-corrected chi connectivity index (χ1v) is 7.59. The predicted molar refractivity (Wildman–Crippen MR) is 72.2 cm³/mol. The highest BCUT2D eigenvalue weighted by Crippen LogP contribution is 2.39. The third kappa shape index (κ3) is 2.29. The number of hydrogen-bond acceptors (Lipinski definition) is 2. The zero-order valence-corrected chi connectivity index (χ0v) is 11.7. The van der Waals surface area contributed by atoms with Gasteiger partial charge in [-0.25, -0.2) is 0 Å². The van der Waals surface area contributed by atoms with Gasteiger partial charge in [0.05, 0.1) is 6.04 Å². The minimum Gasteiger partial charge on any atom is -0.352 e. The second kappa shape index (κ2) is 4.52. The lowest BCUT2D eigenvalue weighted by molar-refractivity contribution is -0.124. The molecule has 4 atom stereocenters. The van der Waals surface area contributed by atoms with Crippen molar-refractivity contribution in [1.82, 2.24) is 10.6 Å². The maximum atomic E-state index is 12.4. The van der Waals surface area contributed by atoms with Gasteiger partial charge in [0.25, 0.3) is 0 Å². The summed E-state index contributed by atoms with van der Waals surface area (Å²) < 4.78 is 0. The Morgan fingerprint density at radius 1 is 1.28 bits per heavy atom. The van der Waals surface area contributed by atoms with Crippen LogP contribution in [-0.4, -0.2) is 24.5 Å². The molecule has 0 bridgehead atoms. The third-order valence-electron chi connectivity index (χ3n) is 5.34. The molecule has 3 aliphatic rings. The highest BCUT2D eigenvalue weighted by atomic mass is 16.2. The molecule has 1 saturated heterocycles. The molecule has 3 heteroatoms. The van der Waals surface area contributed by atoms with Gasteiger partial charge in [-0.15, -0.1) is 0 Å². The van der Waals surface area contributed by atoms with E-state index in [-0.39, 0.29) is 11.9 Å². The van der Waals surface area contributed by atoms with Crippen LogP contribution in [-0.2, 0) is 4.79 Å². The van der Waals surface area contributed by atoms with Gasteiger partial charge in [0.2, 0.25) is 5.91 Å². The lowest BCUT2D eigenvalue weighted by Gasteiger charge is -2.22. The normalized spacial score (nSPS) is 41.9. The van der Waals surface area contributed by atoms with Crippen molar-refractivity contribution in [3.8, 4) is 0 Å². The van der Waals surface area contributed by atoms with Gasteiger partial charge in [0.1, 0.15) is 0 Å². The Labute approximate surface area is 110 Å². The molecule has 2 aliphatic carbocycles. The second-order valence-corrected chi connectivity index (χ2v) is 7.35. The van der Waals surface area contributed by atoms with E-state index in [2.05, 4.69) is 24.5 Å². The quantitative estimate of drug-likeness (QED) is 0.788. The van der Waals surface area contributed by atoms with Crippen LogP contribution in [0.2, 0.25) is 0 Å². The van der Waals surface area contributed by atoms with Gasteiger partial charge in [-0.2, -0.15) is 0 Å². The van der Waals surface area contributed by atoms with E-state index in [0.29, 0.717) is 17.4 Å². The molecule has 1 heterocycles. The summed E-state index contributed by atoms with van der Waals surface area (Å²) in [6.45, 7) is 5.67. The average molecular weight is 250 g/mol. The molecule has 1 aliphatic heterocycles. The molecule has 0 radical (unpaired) electrons. The van der Waals surface area contributed by atoms with Crippen molar-refractivity contribution in [2.24, 2.45) is 17.3 Å². The van der Waals surface area contributed by atoms with E-state index in [9.17, 15) is 4.79 Å². The lowest BCUT2D eigenvalue weighted by atomic mass is 9.91. The number of hydrogen-bond donors (Lipinski definition) is 2. The minimum atomic E-state index is 0.0983. The molecule has 3 nitrogen and oxygen atoms in total. The van der Waals surface area contributed by atoms with Gasteiger partial charge < -0.3 is 10.6 Å². The standard InChI is InChI=1S/C15H26N2O/c1-15(2)7-6-11(8-15)17-14(18)13-12-5-3-4-10(12)9-16-13/h10-13,16H,3-9H2,1-2H3,(H,17,18). The molecular formula is C15H26N2O. The average Bonchev–Trinajstić information content (AvgIpc) is 2.92. The van der Waals surface area contributed by atoms with Crippen molar-refractivity contribution in [1.29, 1.82) is 0 Å². The first-order chi connectivity index (χ1) is 8.55. The Morgan fingerprint density at radius 3 is 2.83 bits per heavy atom. The van der Waals surface area contributed by atoms with E-state index in [0.717, 1.165) is 25.3 Å². The number of carbonyl (C=O) groups is 1. The summed E-state index contributed by atoms with van der Waals surface area (Å²) in [4.78, 5) is 12.4. The predicted octanol–water partition coefficient (Wildman–Crippen LogP) is 2.07. The van der Waals surface area contributed by atoms with Crippen LogP contribution in [0.15, 0.2) is 0 Å². The number of amides is 1. The number of fused-ring (bicyclic) bond motifs is 1. The van der Waals surface area contributed by atoms with Gasteiger partial charge in [-0.3, -0.25) is 4.79 Å². The minimum absolute atomic E-state index is 0.0983. The van der Waals surface area contributed by atoms with Crippen LogP contribution in [0.3, 0.4) is 0 Å². The van der Waals surface area contributed by atoms with Crippen molar-refractivity contribution >= 4 is 5.91 Å². The molecule has 3 fully saturated rings. The van der Waals surface area contributed by atoms with Gasteiger partial charge in [0.15, 0.2) is 0 Å². The van der Waals surface area contributed by atoms with Crippen molar-refractivity contribution in [2.75, 3.05) is 6.54 Å². The molecule has 4 unspecified atom stereocenters. The monoisotopic (exact) mass is 250 g/mol.